The van der Waals surface area contributed by atoms with Crippen LogP contribution in [-0.2, 0) is 43.5 Å². The van der Waals surface area contributed by atoms with E-state index in [0.29, 0.717) is 26.4 Å². The molecular weight excluding hydrogens is 567 g/mol. The smallest absolute Gasteiger partial charge is 0.218 e. The van der Waals surface area contributed by atoms with E-state index >= 15 is 0 Å². The minimum absolute atomic E-state index is 0.227. The maximum absolute atomic E-state index is 6.64. The van der Waals surface area contributed by atoms with Crippen molar-refractivity contribution in [2.75, 3.05) is 11.0 Å². The van der Waals surface area contributed by atoms with Gasteiger partial charge in [-0.05, 0) is 22.8 Å². The predicted octanol–water partition coefficient (Wildman–Crippen LogP) is 5.86. The molecule has 0 amide bonds. The quantitative estimate of drug-likeness (QED) is 0.166. The zero-order valence-electron chi connectivity index (χ0n) is 20.1. The van der Waals surface area contributed by atoms with E-state index in [1.807, 2.05) is 66.7 Å². The number of hydrogen-bond acceptors (Lipinski definition) is 5. The van der Waals surface area contributed by atoms with Crippen molar-refractivity contribution in [2.45, 2.75) is 50.0 Å². The molecular formula is C30H31IO5. The first-order valence-electron chi connectivity index (χ1n) is 12.3. The summed E-state index contributed by atoms with van der Waals surface area (Å²) >= 11 is 2.35. The van der Waals surface area contributed by atoms with Crippen LogP contribution in [0.3, 0.4) is 0 Å². The lowest BCUT2D eigenvalue weighted by Crippen LogP contribution is -2.66. The lowest BCUT2D eigenvalue weighted by Gasteiger charge is -2.50. The van der Waals surface area contributed by atoms with E-state index in [2.05, 4.69) is 59.0 Å². The maximum Gasteiger partial charge on any atom is 0.218 e. The molecule has 3 aromatic rings. The van der Waals surface area contributed by atoms with E-state index in [0.717, 1.165) is 21.1 Å². The van der Waals surface area contributed by atoms with Crippen LogP contribution in [-0.4, -0.2) is 41.2 Å². The third-order valence-corrected chi connectivity index (χ3v) is 7.34. The molecule has 0 bridgehead atoms. The first-order chi connectivity index (χ1) is 17.8. The van der Waals surface area contributed by atoms with Crippen molar-refractivity contribution < 1.29 is 23.7 Å². The zero-order chi connectivity index (χ0) is 24.6. The number of halogens is 1. The molecule has 0 aromatic heterocycles. The molecule has 1 spiro atoms. The summed E-state index contributed by atoms with van der Waals surface area (Å²) in [4.78, 5) is 0. The number of ether oxygens (including phenoxy) is 5. The third-order valence-electron chi connectivity index (χ3n) is 6.47. The van der Waals surface area contributed by atoms with Crippen molar-refractivity contribution in [3.8, 4) is 0 Å². The molecule has 0 aliphatic carbocycles. The SMILES string of the molecule is IC[C@H]1O[C@@]2(C=CCO2)[C@H](OCc2ccccc2)[C@@H](OCc2ccccc2)[C@@H]1OCc1ccccc1. The highest BCUT2D eigenvalue weighted by Gasteiger charge is 2.57. The van der Waals surface area contributed by atoms with Crippen LogP contribution >= 0.6 is 22.6 Å². The Morgan fingerprint density at radius 2 is 1.19 bits per heavy atom. The summed E-state index contributed by atoms with van der Waals surface area (Å²) < 4.78 is 33.3. The topological polar surface area (TPSA) is 46.2 Å². The number of hydrogen-bond donors (Lipinski definition) is 0. The molecule has 2 heterocycles. The lowest BCUT2D eigenvalue weighted by atomic mass is 9.92. The molecule has 2 aliphatic rings. The molecule has 5 atom stereocenters. The van der Waals surface area contributed by atoms with Crippen molar-refractivity contribution in [2.24, 2.45) is 0 Å². The maximum atomic E-state index is 6.64. The van der Waals surface area contributed by atoms with E-state index in [1.165, 1.54) is 0 Å². The molecule has 0 saturated carbocycles. The molecule has 188 valence electrons. The van der Waals surface area contributed by atoms with Gasteiger partial charge in [0.15, 0.2) is 0 Å². The van der Waals surface area contributed by atoms with Crippen LogP contribution < -0.4 is 0 Å². The molecule has 5 rings (SSSR count). The molecule has 0 N–H and O–H groups in total. The standard InChI is InChI=1S/C30H31IO5/c31-19-26-27(32-20-23-11-4-1-5-12-23)28(33-21-24-13-6-2-7-14-24)29(30(36-26)17-10-18-35-30)34-22-25-15-8-3-9-16-25/h1-17,26-29H,18-22H2/t26-,27-,28+,29-,30+/m1/s1. The first kappa shape index (κ1) is 25.6. The Hall–Kier alpha value is -2.07. The van der Waals surface area contributed by atoms with E-state index < -0.39 is 18.0 Å². The first-order valence-corrected chi connectivity index (χ1v) is 13.8. The highest BCUT2D eigenvalue weighted by Crippen LogP contribution is 2.40. The fourth-order valence-electron chi connectivity index (χ4n) is 4.68. The molecule has 6 heteroatoms. The fraction of sp³-hybridized carbons (Fsp3) is 0.333. The van der Waals surface area contributed by atoms with Gasteiger partial charge in [-0.2, -0.15) is 0 Å². The van der Waals surface area contributed by atoms with E-state index in [4.69, 9.17) is 23.7 Å². The summed E-state index contributed by atoms with van der Waals surface area (Å²) in [5, 5.41) is 0. The van der Waals surface area contributed by atoms with E-state index in [1.54, 1.807) is 0 Å². The minimum Gasteiger partial charge on any atom is -0.368 e. The van der Waals surface area contributed by atoms with Gasteiger partial charge >= 0.3 is 0 Å². The average Bonchev–Trinajstić information content (AvgIpc) is 3.41. The Morgan fingerprint density at radius 3 is 1.67 bits per heavy atom. The molecule has 0 unspecified atom stereocenters. The van der Waals surface area contributed by atoms with Gasteiger partial charge in [0.05, 0.1) is 32.5 Å². The van der Waals surface area contributed by atoms with Gasteiger partial charge in [-0.15, -0.1) is 0 Å². The Kier molecular flexibility index (Phi) is 8.84. The van der Waals surface area contributed by atoms with Crippen LogP contribution in [0, 0.1) is 0 Å². The second-order valence-corrected chi connectivity index (χ2v) is 9.87. The van der Waals surface area contributed by atoms with Crippen LogP contribution in [0.25, 0.3) is 0 Å². The second kappa shape index (κ2) is 12.4. The van der Waals surface area contributed by atoms with Gasteiger partial charge < -0.3 is 23.7 Å². The Morgan fingerprint density at radius 1 is 0.694 bits per heavy atom. The highest BCUT2D eigenvalue weighted by atomic mass is 127. The van der Waals surface area contributed by atoms with Crippen LogP contribution in [0.5, 0.6) is 0 Å². The zero-order valence-corrected chi connectivity index (χ0v) is 22.2. The van der Waals surface area contributed by atoms with Gasteiger partial charge in [0.25, 0.3) is 0 Å². The van der Waals surface area contributed by atoms with Crippen molar-refractivity contribution in [3.05, 3.63) is 120 Å². The van der Waals surface area contributed by atoms with E-state index in [-0.39, 0.29) is 12.2 Å². The Labute approximate surface area is 226 Å². The summed E-state index contributed by atoms with van der Waals surface area (Å²) in [6.07, 6.45) is 2.48. The molecule has 36 heavy (non-hydrogen) atoms. The van der Waals surface area contributed by atoms with Crippen LogP contribution in [0.1, 0.15) is 16.7 Å². The number of rotatable bonds is 10. The molecule has 0 radical (unpaired) electrons. The van der Waals surface area contributed by atoms with Gasteiger partial charge in [0, 0.05) is 4.43 Å². The van der Waals surface area contributed by atoms with Crippen molar-refractivity contribution in [1.82, 2.24) is 0 Å². The van der Waals surface area contributed by atoms with E-state index in [9.17, 15) is 0 Å². The largest absolute Gasteiger partial charge is 0.368 e. The number of benzene rings is 3. The third kappa shape index (κ3) is 6.07. The summed E-state index contributed by atoms with van der Waals surface area (Å²) in [5.74, 6) is -1.02. The summed E-state index contributed by atoms with van der Waals surface area (Å²) in [7, 11) is 0. The van der Waals surface area contributed by atoms with Crippen molar-refractivity contribution >= 4 is 22.6 Å². The molecule has 1 saturated heterocycles. The minimum atomic E-state index is -1.02. The van der Waals surface area contributed by atoms with Gasteiger partial charge in [-0.25, -0.2) is 0 Å². The normalized spacial score (nSPS) is 27.5. The van der Waals surface area contributed by atoms with Crippen molar-refractivity contribution in [3.63, 3.8) is 0 Å². The molecule has 5 nitrogen and oxygen atoms in total. The summed E-state index contributed by atoms with van der Waals surface area (Å²) in [5.41, 5.74) is 3.27. The average molecular weight is 598 g/mol. The van der Waals surface area contributed by atoms with Crippen molar-refractivity contribution in [1.29, 1.82) is 0 Å². The summed E-state index contributed by atoms with van der Waals surface area (Å²) in [6.45, 7) is 1.79. The van der Waals surface area contributed by atoms with Gasteiger partial charge in [-0.1, -0.05) is 120 Å². The second-order valence-electron chi connectivity index (χ2n) is 8.99. The fourth-order valence-corrected chi connectivity index (χ4v) is 5.36. The van der Waals surface area contributed by atoms with Gasteiger partial charge in [0.2, 0.25) is 5.79 Å². The highest BCUT2D eigenvalue weighted by molar-refractivity contribution is 14.1. The number of alkyl halides is 1. The Bertz CT molecular complexity index is 1090. The lowest BCUT2D eigenvalue weighted by molar-refractivity contribution is -0.348. The van der Waals surface area contributed by atoms with Gasteiger partial charge in [0.1, 0.15) is 18.3 Å². The molecule has 1 fully saturated rings. The van der Waals surface area contributed by atoms with Crippen LogP contribution in [0.15, 0.2) is 103 Å². The monoisotopic (exact) mass is 598 g/mol. The molecule has 2 aliphatic heterocycles. The van der Waals surface area contributed by atoms with Gasteiger partial charge in [-0.3, -0.25) is 0 Å². The van der Waals surface area contributed by atoms with Crippen LogP contribution in [0.2, 0.25) is 0 Å². The van der Waals surface area contributed by atoms with Crippen LogP contribution in [0.4, 0.5) is 0 Å². The Balaban J connectivity index is 1.44. The molecule has 3 aromatic carbocycles. The summed E-state index contributed by atoms with van der Waals surface area (Å²) in [6, 6.07) is 30.5. The predicted molar refractivity (Wildman–Crippen MR) is 147 cm³/mol.